The molecule has 1 saturated carbocycles. The Balaban J connectivity index is 1.32. The molecular formula is C32H39N3O4. The van der Waals surface area contributed by atoms with Gasteiger partial charge in [0.2, 0.25) is 5.91 Å². The number of aliphatic hydroxyl groups is 1. The predicted octanol–water partition coefficient (Wildman–Crippen LogP) is 5.25. The van der Waals surface area contributed by atoms with Crippen LogP contribution in [-0.2, 0) is 11.3 Å². The highest BCUT2D eigenvalue weighted by Crippen LogP contribution is 2.33. The zero-order valence-corrected chi connectivity index (χ0v) is 22.8. The Morgan fingerprint density at radius 3 is 2.59 bits per heavy atom. The number of carbonyl (C=O) groups is 1. The Morgan fingerprint density at radius 1 is 1.03 bits per heavy atom. The molecule has 1 amide bonds. The van der Waals surface area contributed by atoms with E-state index >= 15 is 0 Å². The summed E-state index contributed by atoms with van der Waals surface area (Å²) in [5.41, 5.74) is 3.19. The van der Waals surface area contributed by atoms with Gasteiger partial charge in [0, 0.05) is 36.5 Å². The Labute approximate surface area is 230 Å². The van der Waals surface area contributed by atoms with Crippen molar-refractivity contribution in [3.8, 4) is 11.5 Å². The van der Waals surface area contributed by atoms with Gasteiger partial charge in [-0.05, 0) is 62.9 Å². The molecule has 2 aliphatic heterocycles. The lowest BCUT2D eigenvalue weighted by atomic mass is 9.88. The van der Waals surface area contributed by atoms with E-state index in [0.29, 0.717) is 19.7 Å². The number of aliphatic hydroxyl groups excluding tert-OH is 1. The van der Waals surface area contributed by atoms with Crippen molar-refractivity contribution in [1.82, 2.24) is 9.88 Å². The summed E-state index contributed by atoms with van der Waals surface area (Å²) in [6, 6.07) is 16.3. The zero-order valence-electron chi connectivity index (χ0n) is 22.8. The van der Waals surface area contributed by atoms with Crippen molar-refractivity contribution in [3.63, 3.8) is 0 Å². The number of ether oxygens (including phenoxy) is 2. The van der Waals surface area contributed by atoms with Crippen LogP contribution in [0.5, 0.6) is 11.5 Å². The summed E-state index contributed by atoms with van der Waals surface area (Å²) in [6.07, 6.45) is 6.28. The lowest BCUT2D eigenvalue weighted by molar-refractivity contribution is -0.138. The van der Waals surface area contributed by atoms with Crippen LogP contribution in [-0.4, -0.2) is 59.3 Å². The Kier molecular flexibility index (Phi) is 7.60. The summed E-state index contributed by atoms with van der Waals surface area (Å²) >= 11 is 0. The second-order valence-corrected chi connectivity index (χ2v) is 11.4. The number of nitrogens with zero attached hydrogens (tertiary/aromatic N) is 3. The maximum Gasteiger partial charge on any atom is 0.226 e. The summed E-state index contributed by atoms with van der Waals surface area (Å²) < 4.78 is 12.3. The fraction of sp³-hybridized carbons (Fsp3) is 0.500. The average molecular weight is 530 g/mol. The molecule has 1 aromatic heterocycles. The first-order chi connectivity index (χ1) is 19.0. The molecule has 1 atom stereocenters. The molecule has 7 nitrogen and oxygen atoms in total. The van der Waals surface area contributed by atoms with E-state index in [1.54, 1.807) is 0 Å². The topological polar surface area (TPSA) is 75.1 Å². The van der Waals surface area contributed by atoms with Crippen LogP contribution in [0.1, 0.15) is 56.1 Å². The molecule has 2 aromatic carbocycles. The third-order valence-electron chi connectivity index (χ3n) is 8.41. The minimum atomic E-state index is -0.261. The molecule has 0 radical (unpaired) electrons. The van der Waals surface area contributed by atoms with Crippen molar-refractivity contribution in [3.05, 3.63) is 59.7 Å². The van der Waals surface area contributed by atoms with Crippen molar-refractivity contribution < 1.29 is 19.4 Å². The zero-order chi connectivity index (χ0) is 26.8. The lowest BCUT2D eigenvalue weighted by Gasteiger charge is -2.36. The van der Waals surface area contributed by atoms with E-state index in [0.717, 1.165) is 85.4 Å². The Morgan fingerprint density at radius 2 is 1.79 bits per heavy atom. The quantitative estimate of drug-likeness (QED) is 0.470. The number of fused-ring (bicyclic) bond motifs is 2. The van der Waals surface area contributed by atoms with Gasteiger partial charge in [-0.25, -0.2) is 4.98 Å². The van der Waals surface area contributed by atoms with Crippen molar-refractivity contribution in [2.24, 2.45) is 5.92 Å². The molecule has 1 unspecified atom stereocenters. The smallest absolute Gasteiger partial charge is 0.226 e. The summed E-state index contributed by atoms with van der Waals surface area (Å²) in [7, 11) is 0. The molecule has 0 spiro atoms. The number of hydrogen-bond acceptors (Lipinski definition) is 6. The van der Waals surface area contributed by atoms with Gasteiger partial charge in [0.05, 0.1) is 18.2 Å². The molecule has 2 fully saturated rings. The minimum Gasteiger partial charge on any atom is -0.486 e. The predicted molar refractivity (Wildman–Crippen MR) is 152 cm³/mol. The van der Waals surface area contributed by atoms with Gasteiger partial charge in [-0.15, -0.1) is 0 Å². The molecule has 1 aliphatic carbocycles. The van der Waals surface area contributed by atoms with Gasteiger partial charge in [0.15, 0.2) is 17.6 Å². The first-order valence-electron chi connectivity index (χ1n) is 14.5. The van der Waals surface area contributed by atoms with Crippen LogP contribution in [0, 0.1) is 12.8 Å². The lowest BCUT2D eigenvalue weighted by Crippen LogP contribution is -2.46. The highest BCUT2D eigenvalue weighted by Gasteiger charge is 2.32. The average Bonchev–Trinajstić information content (AvgIpc) is 2.97. The molecular weight excluding hydrogens is 490 g/mol. The maximum atomic E-state index is 14.0. The van der Waals surface area contributed by atoms with Crippen LogP contribution >= 0.6 is 0 Å². The number of aromatic nitrogens is 1. The molecule has 1 N–H and O–H groups in total. The summed E-state index contributed by atoms with van der Waals surface area (Å²) in [5, 5.41) is 11.2. The summed E-state index contributed by atoms with van der Waals surface area (Å²) in [4.78, 5) is 23.4. The number of hydrogen-bond donors (Lipinski definition) is 1. The normalized spacial score (nSPS) is 20.3. The number of para-hydroxylation sites is 2. The number of pyridine rings is 1. The van der Waals surface area contributed by atoms with Crippen LogP contribution in [0.2, 0.25) is 0 Å². The molecule has 0 bridgehead atoms. The van der Waals surface area contributed by atoms with Crippen LogP contribution in [0.25, 0.3) is 10.9 Å². The number of anilines is 1. The van der Waals surface area contributed by atoms with Gasteiger partial charge >= 0.3 is 0 Å². The molecule has 1 saturated heterocycles. The maximum absolute atomic E-state index is 14.0. The van der Waals surface area contributed by atoms with E-state index in [9.17, 15) is 9.90 Å². The van der Waals surface area contributed by atoms with Crippen molar-refractivity contribution in [1.29, 1.82) is 0 Å². The van der Waals surface area contributed by atoms with Gasteiger partial charge in [0.25, 0.3) is 0 Å². The van der Waals surface area contributed by atoms with Crippen LogP contribution in [0.3, 0.4) is 0 Å². The fourth-order valence-corrected chi connectivity index (χ4v) is 6.24. The molecule has 7 heteroatoms. The van der Waals surface area contributed by atoms with E-state index in [4.69, 9.17) is 14.5 Å². The third kappa shape index (κ3) is 5.83. The monoisotopic (exact) mass is 529 g/mol. The third-order valence-corrected chi connectivity index (χ3v) is 8.41. The number of carbonyl (C=O) groups excluding carboxylic acids is 1. The highest BCUT2D eigenvalue weighted by atomic mass is 16.6. The largest absolute Gasteiger partial charge is 0.486 e. The van der Waals surface area contributed by atoms with Gasteiger partial charge in [0.1, 0.15) is 12.4 Å². The fourth-order valence-electron chi connectivity index (χ4n) is 6.24. The Hall–Kier alpha value is -3.32. The second kappa shape index (κ2) is 11.4. The van der Waals surface area contributed by atoms with Crippen molar-refractivity contribution in [2.45, 2.75) is 70.6 Å². The van der Waals surface area contributed by atoms with Crippen LogP contribution < -0.4 is 14.4 Å². The van der Waals surface area contributed by atoms with E-state index in [1.165, 1.54) is 12.0 Å². The number of amides is 1. The van der Waals surface area contributed by atoms with E-state index in [-0.39, 0.29) is 24.0 Å². The van der Waals surface area contributed by atoms with E-state index in [1.807, 2.05) is 29.2 Å². The molecule has 3 aromatic rings. The number of piperidine rings is 1. The molecule has 6 rings (SSSR count). The van der Waals surface area contributed by atoms with Crippen molar-refractivity contribution in [2.75, 3.05) is 31.1 Å². The molecule has 39 heavy (non-hydrogen) atoms. The summed E-state index contributed by atoms with van der Waals surface area (Å²) in [6.45, 7) is 4.96. The minimum absolute atomic E-state index is 0.0554. The standard InChI is InChI=1S/C32H39N3O4/c1-22-11-12-28-24(17-22)18-25(31(33-28)34-15-13-26(36)14-16-34)19-35(32(37)23-7-3-2-4-8-23)20-27-21-38-29-9-5-6-10-30(29)39-27/h5-6,9-12,17-18,23,26-27,36H,2-4,7-8,13-16,19-21H2,1H3. The first-order valence-corrected chi connectivity index (χ1v) is 14.5. The number of rotatable bonds is 6. The van der Waals surface area contributed by atoms with Gasteiger partial charge in [-0.2, -0.15) is 0 Å². The van der Waals surface area contributed by atoms with E-state index < -0.39 is 0 Å². The molecule has 3 aliphatic rings. The molecule has 3 heterocycles. The van der Waals surface area contributed by atoms with Crippen LogP contribution in [0.4, 0.5) is 5.82 Å². The van der Waals surface area contributed by atoms with Crippen molar-refractivity contribution >= 4 is 22.6 Å². The Bertz CT molecular complexity index is 1310. The van der Waals surface area contributed by atoms with Gasteiger partial charge in [-0.1, -0.05) is 43.0 Å². The number of aryl methyl sites for hydroxylation is 1. The van der Waals surface area contributed by atoms with Gasteiger partial charge < -0.3 is 24.4 Å². The number of benzene rings is 2. The SMILES string of the molecule is Cc1ccc2nc(N3CCC(O)CC3)c(CN(CC3COc4ccccc4O3)C(=O)C3CCCCC3)cc2c1. The van der Waals surface area contributed by atoms with Crippen LogP contribution in [0.15, 0.2) is 48.5 Å². The summed E-state index contributed by atoms with van der Waals surface area (Å²) in [5.74, 6) is 2.67. The first kappa shape index (κ1) is 25.9. The van der Waals surface area contributed by atoms with E-state index in [2.05, 4.69) is 36.1 Å². The highest BCUT2D eigenvalue weighted by molar-refractivity contribution is 5.83. The second-order valence-electron chi connectivity index (χ2n) is 11.4. The molecule has 206 valence electrons. The van der Waals surface area contributed by atoms with Gasteiger partial charge in [-0.3, -0.25) is 4.79 Å².